The number of hydrogen-bond acceptors (Lipinski definition) is 3. The molecule has 1 heterocycles. The zero-order chi connectivity index (χ0) is 12.1. The van der Waals surface area contributed by atoms with Crippen molar-refractivity contribution < 1.29 is 9.53 Å². The lowest BCUT2D eigenvalue weighted by molar-refractivity contribution is -0.124. The number of ether oxygens (including phenoxy) is 1. The molecule has 0 amide bonds. The fourth-order valence-corrected chi connectivity index (χ4v) is 2.11. The van der Waals surface area contributed by atoms with Gasteiger partial charge in [0.25, 0.3) is 0 Å². The molecule has 0 saturated carbocycles. The smallest absolute Gasteiger partial charge is 0.154 e. The minimum Gasteiger partial charge on any atom is -0.379 e. The molecular formula is C14H19NO2. The van der Waals surface area contributed by atoms with E-state index >= 15 is 0 Å². The van der Waals surface area contributed by atoms with Gasteiger partial charge in [-0.25, -0.2) is 0 Å². The highest BCUT2D eigenvalue weighted by atomic mass is 16.5. The second-order valence-electron chi connectivity index (χ2n) is 4.45. The SMILES string of the molecule is CC(C(=O)Cc1ccccc1)N1CCOCC1. The van der Waals surface area contributed by atoms with Crippen molar-refractivity contribution in [1.29, 1.82) is 0 Å². The Kier molecular flexibility index (Phi) is 4.29. The summed E-state index contributed by atoms with van der Waals surface area (Å²) in [5, 5.41) is 0. The van der Waals surface area contributed by atoms with Gasteiger partial charge in [-0.15, -0.1) is 0 Å². The van der Waals surface area contributed by atoms with Crippen LogP contribution in [-0.2, 0) is 16.0 Å². The van der Waals surface area contributed by atoms with Crippen LogP contribution in [0.3, 0.4) is 0 Å². The van der Waals surface area contributed by atoms with Crippen molar-refractivity contribution in [2.75, 3.05) is 26.3 Å². The van der Waals surface area contributed by atoms with E-state index in [1.54, 1.807) is 0 Å². The van der Waals surface area contributed by atoms with E-state index in [-0.39, 0.29) is 11.8 Å². The molecule has 1 aliphatic rings. The zero-order valence-corrected chi connectivity index (χ0v) is 10.3. The molecule has 1 saturated heterocycles. The van der Waals surface area contributed by atoms with E-state index in [2.05, 4.69) is 4.90 Å². The lowest BCUT2D eigenvalue weighted by Crippen LogP contribution is -2.46. The van der Waals surface area contributed by atoms with Crippen LogP contribution in [0.1, 0.15) is 12.5 Å². The average Bonchev–Trinajstić information content (AvgIpc) is 2.40. The summed E-state index contributed by atoms with van der Waals surface area (Å²) in [5.74, 6) is 0.290. The first kappa shape index (κ1) is 12.3. The summed E-state index contributed by atoms with van der Waals surface area (Å²) in [5.41, 5.74) is 1.10. The number of nitrogens with zero attached hydrogens (tertiary/aromatic N) is 1. The van der Waals surface area contributed by atoms with Crippen LogP contribution >= 0.6 is 0 Å². The molecule has 0 N–H and O–H groups in total. The van der Waals surface area contributed by atoms with Crippen molar-refractivity contribution in [2.45, 2.75) is 19.4 Å². The standard InChI is InChI=1S/C14H19NO2/c1-12(15-7-9-17-10-8-15)14(16)11-13-5-3-2-4-6-13/h2-6,12H,7-11H2,1H3. The highest BCUT2D eigenvalue weighted by Crippen LogP contribution is 2.08. The van der Waals surface area contributed by atoms with E-state index in [1.165, 1.54) is 0 Å². The van der Waals surface area contributed by atoms with Gasteiger partial charge >= 0.3 is 0 Å². The first-order chi connectivity index (χ1) is 8.27. The summed E-state index contributed by atoms with van der Waals surface area (Å²) < 4.78 is 5.29. The van der Waals surface area contributed by atoms with Crippen LogP contribution in [0.15, 0.2) is 30.3 Å². The average molecular weight is 233 g/mol. The molecule has 1 fully saturated rings. The third-order valence-electron chi connectivity index (χ3n) is 3.28. The van der Waals surface area contributed by atoms with Gasteiger partial charge in [-0.05, 0) is 12.5 Å². The summed E-state index contributed by atoms with van der Waals surface area (Å²) in [7, 11) is 0. The third kappa shape index (κ3) is 3.38. The normalized spacial score (nSPS) is 18.9. The fourth-order valence-electron chi connectivity index (χ4n) is 2.11. The van der Waals surface area contributed by atoms with Crippen LogP contribution in [-0.4, -0.2) is 43.0 Å². The maximum Gasteiger partial charge on any atom is 0.154 e. The maximum absolute atomic E-state index is 12.1. The monoisotopic (exact) mass is 233 g/mol. The molecule has 0 radical (unpaired) electrons. The van der Waals surface area contributed by atoms with Gasteiger partial charge in [0.15, 0.2) is 5.78 Å². The molecule has 17 heavy (non-hydrogen) atoms. The van der Waals surface area contributed by atoms with Crippen molar-refractivity contribution in [3.63, 3.8) is 0 Å². The number of carbonyl (C=O) groups excluding carboxylic acids is 1. The predicted octanol–water partition coefficient (Wildman–Crippen LogP) is 1.52. The second kappa shape index (κ2) is 5.94. The number of rotatable bonds is 4. The number of Topliss-reactive ketones (excluding diaryl/α,β-unsaturated/α-hetero) is 1. The molecule has 2 rings (SSSR count). The summed E-state index contributed by atoms with van der Waals surface area (Å²) in [6.45, 7) is 5.20. The first-order valence-corrected chi connectivity index (χ1v) is 6.16. The fraction of sp³-hybridized carbons (Fsp3) is 0.500. The van der Waals surface area contributed by atoms with E-state index in [1.807, 2.05) is 37.3 Å². The quantitative estimate of drug-likeness (QED) is 0.789. The summed E-state index contributed by atoms with van der Waals surface area (Å²) in [6.07, 6.45) is 0.527. The molecule has 0 aliphatic carbocycles. The number of carbonyl (C=O) groups is 1. The number of benzene rings is 1. The third-order valence-corrected chi connectivity index (χ3v) is 3.28. The molecule has 92 valence electrons. The van der Waals surface area contributed by atoms with Gasteiger partial charge in [0.1, 0.15) is 0 Å². The zero-order valence-electron chi connectivity index (χ0n) is 10.3. The lowest BCUT2D eigenvalue weighted by Gasteiger charge is -2.31. The van der Waals surface area contributed by atoms with E-state index in [9.17, 15) is 4.79 Å². The molecule has 0 aromatic heterocycles. The Balaban J connectivity index is 1.90. The Morgan fingerprint density at radius 2 is 1.94 bits per heavy atom. The molecule has 3 heteroatoms. The van der Waals surface area contributed by atoms with Crippen molar-refractivity contribution in [3.8, 4) is 0 Å². The molecule has 1 aromatic rings. The Morgan fingerprint density at radius 1 is 1.29 bits per heavy atom. The van der Waals surface area contributed by atoms with E-state index in [0.717, 1.165) is 31.9 Å². The molecular weight excluding hydrogens is 214 g/mol. The highest BCUT2D eigenvalue weighted by molar-refractivity contribution is 5.85. The van der Waals surface area contributed by atoms with E-state index < -0.39 is 0 Å². The van der Waals surface area contributed by atoms with Crippen molar-refractivity contribution in [3.05, 3.63) is 35.9 Å². The molecule has 0 spiro atoms. The van der Waals surface area contributed by atoms with Gasteiger partial charge in [-0.2, -0.15) is 0 Å². The number of morpholine rings is 1. The van der Waals surface area contributed by atoms with Gasteiger partial charge in [-0.1, -0.05) is 30.3 Å². The topological polar surface area (TPSA) is 29.5 Å². The Morgan fingerprint density at radius 3 is 2.59 bits per heavy atom. The van der Waals surface area contributed by atoms with Crippen LogP contribution in [0.2, 0.25) is 0 Å². The molecule has 3 nitrogen and oxygen atoms in total. The number of hydrogen-bond donors (Lipinski definition) is 0. The van der Waals surface area contributed by atoms with Crippen LogP contribution in [0.5, 0.6) is 0 Å². The van der Waals surface area contributed by atoms with E-state index in [0.29, 0.717) is 6.42 Å². The van der Waals surface area contributed by atoms with E-state index in [4.69, 9.17) is 4.74 Å². The summed E-state index contributed by atoms with van der Waals surface area (Å²) in [6, 6.07) is 9.93. The highest BCUT2D eigenvalue weighted by Gasteiger charge is 2.22. The van der Waals surface area contributed by atoms with Crippen LogP contribution < -0.4 is 0 Å². The molecule has 1 unspecified atom stereocenters. The summed E-state index contributed by atoms with van der Waals surface area (Å²) >= 11 is 0. The van der Waals surface area contributed by atoms with Gasteiger partial charge in [0.05, 0.1) is 19.3 Å². The molecule has 0 bridgehead atoms. The maximum atomic E-state index is 12.1. The Hall–Kier alpha value is -1.19. The molecule has 1 aliphatic heterocycles. The van der Waals surface area contributed by atoms with Crippen LogP contribution in [0.4, 0.5) is 0 Å². The second-order valence-corrected chi connectivity index (χ2v) is 4.45. The minimum absolute atomic E-state index is 0.000828. The van der Waals surface area contributed by atoms with Crippen LogP contribution in [0, 0.1) is 0 Å². The van der Waals surface area contributed by atoms with Crippen molar-refractivity contribution in [1.82, 2.24) is 4.90 Å². The van der Waals surface area contributed by atoms with Crippen molar-refractivity contribution >= 4 is 5.78 Å². The lowest BCUT2D eigenvalue weighted by atomic mass is 10.0. The number of ketones is 1. The van der Waals surface area contributed by atoms with Gasteiger partial charge in [-0.3, -0.25) is 9.69 Å². The summed E-state index contributed by atoms with van der Waals surface area (Å²) in [4.78, 5) is 14.3. The van der Waals surface area contributed by atoms with Gasteiger partial charge in [0.2, 0.25) is 0 Å². The van der Waals surface area contributed by atoms with Crippen LogP contribution in [0.25, 0.3) is 0 Å². The Labute approximate surface area is 102 Å². The predicted molar refractivity (Wildman–Crippen MR) is 67.0 cm³/mol. The Bertz CT molecular complexity index is 358. The van der Waals surface area contributed by atoms with Crippen molar-refractivity contribution in [2.24, 2.45) is 0 Å². The van der Waals surface area contributed by atoms with Gasteiger partial charge < -0.3 is 4.74 Å². The largest absolute Gasteiger partial charge is 0.379 e. The first-order valence-electron chi connectivity index (χ1n) is 6.16. The molecule has 1 atom stereocenters. The molecule has 1 aromatic carbocycles. The minimum atomic E-state index is -0.000828. The van der Waals surface area contributed by atoms with Gasteiger partial charge in [0, 0.05) is 19.5 Å².